The van der Waals surface area contributed by atoms with E-state index in [-0.39, 0.29) is 18.0 Å². The first-order chi connectivity index (χ1) is 10.2. The van der Waals surface area contributed by atoms with Crippen molar-refractivity contribution in [3.63, 3.8) is 0 Å². The molecule has 2 aliphatic heterocycles. The Labute approximate surface area is 130 Å². The number of amides is 1. The fourth-order valence-electron chi connectivity index (χ4n) is 3.45. The molecule has 3 aliphatic rings. The molecule has 3 rings (SSSR count). The van der Waals surface area contributed by atoms with E-state index in [1.54, 1.807) is 0 Å². The minimum Gasteiger partial charge on any atom is -0.349 e. The third-order valence-electron chi connectivity index (χ3n) is 4.63. The van der Waals surface area contributed by atoms with E-state index in [0.717, 1.165) is 25.6 Å². The first kappa shape index (κ1) is 15.5. The van der Waals surface area contributed by atoms with Crippen LogP contribution in [-0.2, 0) is 9.63 Å². The summed E-state index contributed by atoms with van der Waals surface area (Å²) in [4.78, 5) is 17.1. The predicted octanol–water partition coefficient (Wildman–Crippen LogP) is 0.730. The van der Waals surface area contributed by atoms with Gasteiger partial charge in [0.1, 0.15) is 6.04 Å². The van der Waals surface area contributed by atoms with Gasteiger partial charge in [-0.2, -0.15) is 5.48 Å². The summed E-state index contributed by atoms with van der Waals surface area (Å²) in [5.41, 5.74) is 5.67. The molecule has 1 saturated carbocycles. The number of rotatable bonds is 4. The van der Waals surface area contributed by atoms with E-state index >= 15 is 0 Å². The molecule has 3 N–H and O–H groups in total. The molecule has 3 atom stereocenters. The molecule has 3 fully saturated rings. The number of carbonyl (C=O) groups excluding carboxylic acids is 1. The van der Waals surface area contributed by atoms with Gasteiger partial charge in [-0.05, 0) is 18.8 Å². The second-order valence-corrected chi connectivity index (χ2v) is 6.90. The van der Waals surface area contributed by atoms with Gasteiger partial charge in [0, 0.05) is 26.1 Å². The topological polar surface area (TPSA) is 65.6 Å². The van der Waals surface area contributed by atoms with E-state index in [1.807, 2.05) is 0 Å². The van der Waals surface area contributed by atoms with Crippen LogP contribution in [0.3, 0.4) is 0 Å². The van der Waals surface area contributed by atoms with Crippen molar-refractivity contribution in [3.05, 3.63) is 0 Å². The zero-order valence-corrected chi connectivity index (χ0v) is 13.1. The molecule has 0 aromatic heterocycles. The van der Waals surface area contributed by atoms with Crippen molar-refractivity contribution in [1.82, 2.24) is 21.2 Å². The maximum atomic E-state index is 12.1. The van der Waals surface area contributed by atoms with Crippen LogP contribution in [-0.4, -0.2) is 48.2 Å². The standard InChI is InChI=1S/C14H25ClN4O2/c15-13-6-12(18-21-13)14(20)17-11-7-16-19(9-11)8-10-4-2-1-3-5-10/h10-13,16,18H,1-9H2,(H,17,20). The third kappa shape index (κ3) is 4.29. The Morgan fingerprint density at radius 1 is 1.33 bits per heavy atom. The Balaban J connectivity index is 1.39. The van der Waals surface area contributed by atoms with Crippen LogP contribution >= 0.6 is 11.6 Å². The fraction of sp³-hybridized carbons (Fsp3) is 0.929. The highest BCUT2D eigenvalue weighted by atomic mass is 35.5. The predicted molar refractivity (Wildman–Crippen MR) is 80.3 cm³/mol. The van der Waals surface area contributed by atoms with Gasteiger partial charge in [0.05, 0.1) is 6.04 Å². The zero-order valence-electron chi connectivity index (χ0n) is 12.3. The second-order valence-electron chi connectivity index (χ2n) is 6.41. The van der Waals surface area contributed by atoms with Crippen LogP contribution in [0.25, 0.3) is 0 Å². The summed E-state index contributed by atoms with van der Waals surface area (Å²) < 4.78 is 0. The number of halogens is 1. The number of hydrazine groups is 1. The average Bonchev–Trinajstić information content (AvgIpc) is 3.09. The Bertz CT molecular complexity index is 365. The van der Waals surface area contributed by atoms with Gasteiger partial charge in [-0.3, -0.25) is 15.1 Å². The minimum atomic E-state index is -0.412. The smallest absolute Gasteiger partial charge is 0.239 e. The van der Waals surface area contributed by atoms with Crippen LogP contribution in [0.15, 0.2) is 0 Å². The van der Waals surface area contributed by atoms with Crippen molar-refractivity contribution in [2.75, 3.05) is 19.6 Å². The Kier molecular flexibility index (Phi) is 5.34. The molecule has 0 bridgehead atoms. The van der Waals surface area contributed by atoms with Gasteiger partial charge < -0.3 is 5.32 Å². The second kappa shape index (κ2) is 7.24. The van der Waals surface area contributed by atoms with E-state index < -0.39 is 5.56 Å². The molecule has 0 aromatic carbocycles. The van der Waals surface area contributed by atoms with Crippen LogP contribution in [0, 0.1) is 5.92 Å². The van der Waals surface area contributed by atoms with Crippen LogP contribution in [0.2, 0.25) is 0 Å². The van der Waals surface area contributed by atoms with Crippen LogP contribution in [0.4, 0.5) is 0 Å². The van der Waals surface area contributed by atoms with Gasteiger partial charge in [-0.15, -0.1) is 0 Å². The summed E-state index contributed by atoms with van der Waals surface area (Å²) in [5, 5.41) is 5.33. The van der Waals surface area contributed by atoms with E-state index in [1.165, 1.54) is 32.1 Å². The van der Waals surface area contributed by atoms with E-state index in [0.29, 0.717) is 6.42 Å². The fourth-order valence-corrected chi connectivity index (χ4v) is 3.68. The summed E-state index contributed by atoms with van der Waals surface area (Å²) in [6.07, 6.45) is 7.32. The molecule has 2 saturated heterocycles. The quantitative estimate of drug-likeness (QED) is 0.667. The molecule has 0 aromatic rings. The van der Waals surface area contributed by atoms with E-state index in [9.17, 15) is 4.79 Å². The largest absolute Gasteiger partial charge is 0.349 e. The van der Waals surface area contributed by atoms with Crippen molar-refractivity contribution >= 4 is 17.5 Å². The SMILES string of the molecule is O=C(NC1CNN(CC2CCCCC2)C1)C1CC(Cl)ON1. The zero-order chi connectivity index (χ0) is 14.7. The number of hydrogen-bond donors (Lipinski definition) is 3. The van der Waals surface area contributed by atoms with Crippen LogP contribution in [0.5, 0.6) is 0 Å². The highest BCUT2D eigenvalue weighted by Crippen LogP contribution is 2.24. The van der Waals surface area contributed by atoms with Crippen molar-refractivity contribution < 1.29 is 9.63 Å². The molecular weight excluding hydrogens is 292 g/mol. The lowest BCUT2D eigenvalue weighted by Gasteiger charge is -2.26. The minimum absolute atomic E-state index is 0.0236. The lowest BCUT2D eigenvalue weighted by Crippen LogP contribution is -2.47. The number of nitrogens with one attached hydrogen (secondary N) is 3. The average molecular weight is 317 g/mol. The number of alkyl halides is 1. The molecule has 1 amide bonds. The van der Waals surface area contributed by atoms with Crippen molar-refractivity contribution in [3.8, 4) is 0 Å². The molecular formula is C14H25ClN4O2. The Hall–Kier alpha value is -0.400. The molecule has 0 radical (unpaired) electrons. The van der Waals surface area contributed by atoms with Gasteiger partial charge in [0.2, 0.25) is 5.91 Å². The Morgan fingerprint density at radius 2 is 2.14 bits per heavy atom. The van der Waals surface area contributed by atoms with Crippen molar-refractivity contribution in [1.29, 1.82) is 0 Å². The highest BCUT2D eigenvalue weighted by Gasteiger charge is 2.32. The molecule has 0 spiro atoms. The third-order valence-corrected chi connectivity index (χ3v) is 4.89. The van der Waals surface area contributed by atoms with Crippen LogP contribution in [0.1, 0.15) is 38.5 Å². The molecule has 7 heteroatoms. The van der Waals surface area contributed by atoms with Crippen LogP contribution < -0.4 is 16.2 Å². The molecule has 2 heterocycles. The molecule has 1 aliphatic carbocycles. The molecule has 6 nitrogen and oxygen atoms in total. The van der Waals surface area contributed by atoms with Gasteiger partial charge in [-0.25, -0.2) is 5.01 Å². The first-order valence-electron chi connectivity index (χ1n) is 8.05. The highest BCUT2D eigenvalue weighted by molar-refractivity contribution is 6.20. The normalized spacial score (nSPS) is 35.2. The number of carbonyl (C=O) groups is 1. The lowest BCUT2D eigenvalue weighted by molar-refractivity contribution is -0.124. The van der Waals surface area contributed by atoms with Gasteiger partial charge in [0.25, 0.3) is 0 Å². The summed E-state index contributed by atoms with van der Waals surface area (Å²) in [7, 11) is 0. The summed E-state index contributed by atoms with van der Waals surface area (Å²) in [5.74, 6) is 0.784. The molecule has 120 valence electrons. The van der Waals surface area contributed by atoms with Gasteiger partial charge in [-0.1, -0.05) is 30.9 Å². The summed E-state index contributed by atoms with van der Waals surface area (Å²) in [6, 6.07) is -0.169. The summed E-state index contributed by atoms with van der Waals surface area (Å²) >= 11 is 5.81. The summed E-state index contributed by atoms with van der Waals surface area (Å²) in [6.45, 7) is 2.78. The van der Waals surface area contributed by atoms with Crippen molar-refractivity contribution in [2.24, 2.45) is 5.92 Å². The maximum Gasteiger partial charge on any atom is 0.239 e. The van der Waals surface area contributed by atoms with E-state index in [2.05, 4.69) is 21.2 Å². The van der Waals surface area contributed by atoms with Gasteiger partial charge >= 0.3 is 0 Å². The lowest BCUT2D eigenvalue weighted by atomic mass is 9.89. The number of hydrogen-bond acceptors (Lipinski definition) is 5. The van der Waals surface area contributed by atoms with Gasteiger partial charge in [0.15, 0.2) is 5.56 Å². The van der Waals surface area contributed by atoms with Crippen molar-refractivity contribution in [2.45, 2.75) is 56.2 Å². The monoisotopic (exact) mass is 316 g/mol. The maximum absolute atomic E-state index is 12.1. The first-order valence-corrected chi connectivity index (χ1v) is 8.48. The molecule has 21 heavy (non-hydrogen) atoms. The Morgan fingerprint density at radius 3 is 2.86 bits per heavy atom. The number of hydroxylamine groups is 1. The molecule has 3 unspecified atom stereocenters. The van der Waals surface area contributed by atoms with E-state index in [4.69, 9.17) is 16.4 Å². The number of nitrogens with zero attached hydrogens (tertiary/aromatic N) is 1.